The average molecular weight is 408 g/mol. The van der Waals surface area contributed by atoms with Crippen molar-refractivity contribution in [3.05, 3.63) is 23.5 Å². The molecule has 5 nitrogen and oxygen atoms in total. The van der Waals surface area contributed by atoms with E-state index in [1.807, 2.05) is 0 Å². The van der Waals surface area contributed by atoms with Gasteiger partial charge in [-0.25, -0.2) is 0 Å². The molecule has 5 heteroatoms. The second kappa shape index (κ2) is 11.8. The van der Waals surface area contributed by atoms with Crippen molar-refractivity contribution in [1.29, 1.82) is 0 Å². The molecule has 2 aliphatic carbocycles. The van der Waals surface area contributed by atoms with Crippen molar-refractivity contribution < 1.29 is 20.1 Å². The van der Waals surface area contributed by atoms with Crippen LogP contribution in [0.5, 0.6) is 0 Å². The summed E-state index contributed by atoms with van der Waals surface area (Å²) in [6.45, 7) is 2.16. The second-order valence-electron chi connectivity index (χ2n) is 9.19. The quantitative estimate of drug-likeness (QED) is 0.255. The van der Waals surface area contributed by atoms with Gasteiger partial charge in [0.15, 0.2) is 0 Å². The van der Waals surface area contributed by atoms with Crippen LogP contribution in [-0.2, 0) is 4.79 Å². The van der Waals surface area contributed by atoms with Crippen LogP contribution in [0.4, 0.5) is 0 Å². The topological polar surface area (TPSA) is 81.0 Å². The molecule has 2 rings (SSSR count). The Morgan fingerprint density at radius 2 is 1.93 bits per heavy atom. The van der Waals surface area contributed by atoms with Crippen LogP contribution in [0, 0.1) is 17.8 Å². The number of allylic oxidation sites excluding steroid dienone is 3. The molecule has 0 bridgehead atoms. The molecule has 0 aromatic heterocycles. The van der Waals surface area contributed by atoms with E-state index in [4.69, 9.17) is 0 Å². The average Bonchev–Trinajstić information content (AvgIpc) is 3.17. The Kier molecular flexibility index (Phi) is 9.70. The predicted octanol–water partition coefficient (Wildman–Crippen LogP) is 4.35. The van der Waals surface area contributed by atoms with Gasteiger partial charge in [0.25, 0.3) is 0 Å². The molecule has 1 amide bonds. The summed E-state index contributed by atoms with van der Waals surface area (Å²) in [5, 5.41) is 31.3. The highest BCUT2D eigenvalue weighted by molar-refractivity contribution is 5.75. The fourth-order valence-electron chi connectivity index (χ4n) is 4.98. The SMILES string of the molecule is CCCCCCC(O)=CC(O)[C@@H]1[C@H]2CC(CCCCC(=O)N(C)C)=C[C@H]2C[C@H]1O. The summed E-state index contributed by atoms with van der Waals surface area (Å²) in [7, 11) is 3.58. The minimum absolute atomic E-state index is 0.176. The smallest absolute Gasteiger partial charge is 0.222 e. The normalized spacial score (nSPS) is 27.6. The van der Waals surface area contributed by atoms with Gasteiger partial charge in [0, 0.05) is 32.9 Å². The monoisotopic (exact) mass is 407 g/mol. The number of aliphatic hydroxyl groups excluding tert-OH is 3. The van der Waals surface area contributed by atoms with Crippen LogP contribution >= 0.6 is 0 Å². The van der Waals surface area contributed by atoms with Crippen molar-refractivity contribution in [2.24, 2.45) is 17.8 Å². The van der Waals surface area contributed by atoms with Gasteiger partial charge >= 0.3 is 0 Å². The maximum Gasteiger partial charge on any atom is 0.222 e. The van der Waals surface area contributed by atoms with Crippen LogP contribution in [0.2, 0.25) is 0 Å². The Labute approximate surface area is 176 Å². The van der Waals surface area contributed by atoms with E-state index in [0.717, 1.165) is 44.9 Å². The maximum atomic E-state index is 11.7. The zero-order chi connectivity index (χ0) is 21.4. The second-order valence-corrected chi connectivity index (χ2v) is 9.19. The van der Waals surface area contributed by atoms with Crippen molar-refractivity contribution in [3.63, 3.8) is 0 Å². The van der Waals surface area contributed by atoms with Crippen LogP contribution in [0.25, 0.3) is 0 Å². The molecule has 166 valence electrons. The number of fused-ring (bicyclic) bond motifs is 1. The predicted molar refractivity (Wildman–Crippen MR) is 116 cm³/mol. The summed E-state index contributed by atoms with van der Waals surface area (Å²) >= 11 is 0. The van der Waals surface area contributed by atoms with Crippen molar-refractivity contribution in [3.8, 4) is 0 Å². The Balaban J connectivity index is 1.80. The summed E-state index contributed by atoms with van der Waals surface area (Å²) in [6, 6.07) is 0. The van der Waals surface area contributed by atoms with Gasteiger partial charge in [-0.1, -0.05) is 37.8 Å². The fourth-order valence-corrected chi connectivity index (χ4v) is 4.98. The zero-order valence-corrected chi connectivity index (χ0v) is 18.5. The molecule has 0 radical (unpaired) electrons. The molecule has 0 spiro atoms. The van der Waals surface area contributed by atoms with Gasteiger partial charge in [-0.05, 0) is 56.4 Å². The summed E-state index contributed by atoms with van der Waals surface area (Å²) in [5.41, 5.74) is 1.40. The molecule has 0 saturated heterocycles. The Morgan fingerprint density at radius 3 is 2.62 bits per heavy atom. The third kappa shape index (κ3) is 7.14. The minimum Gasteiger partial charge on any atom is -0.513 e. The number of aliphatic hydroxyl groups is 3. The van der Waals surface area contributed by atoms with Crippen LogP contribution in [0.1, 0.15) is 77.6 Å². The molecule has 0 aliphatic heterocycles. The van der Waals surface area contributed by atoms with Gasteiger partial charge in [-0.2, -0.15) is 0 Å². The molecule has 1 fully saturated rings. The first-order valence-corrected chi connectivity index (χ1v) is 11.5. The Hall–Kier alpha value is -1.33. The van der Waals surface area contributed by atoms with E-state index in [1.165, 1.54) is 12.0 Å². The van der Waals surface area contributed by atoms with E-state index in [1.54, 1.807) is 25.1 Å². The van der Waals surface area contributed by atoms with E-state index in [0.29, 0.717) is 25.2 Å². The van der Waals surface area contributed by atoms with Crippen molar-refractivity contribution in [2.45, 2.75) is 89.8 Å². The van der Waals surface area contributed by atoms with E-state index in [2.05, 4.69) is 13.0 Å². The molecule has 1 unspecified atom stereocenters. The molecule has 2 aliphatic rings. The largest absolute Gasteiger partial charge is 0.513 e. The van der Waals surface area contributed by atoms with Gasteiger partial charge in [-0.15, -0.1) is 0 Å². The van der Waals surface area contributed by atoms with Crippen molar-refractivity contribution in [1.82, 2.24) is 4.90 Å². The van der Waals surface area contributed by atoms with E-state index in [-0.39, 0.29) is 23.5 Å². The van der Waals surface area contributed by atoms with E-state index < -0.39 is 12.2 Å². The maximum absolute atomic E-state index is 11.7. The van der Waals surface area contributed by atoms with Crippen LogP contribution < -0.4 is 0 Å². The summed E-state index contributed by atoms with van der Waals surface area (Å²) in [5.74, 6) is 0.795. The van der Waals surface area contributed by atoms with Gasteiger partial charge in [0.05, 0.1) is 18.0 Å². The summed E-state index contributed by atoms with van der Waals surface area (Å²) < 4.78 is 0. The number of carbonyl (C=O) groups excluding carboxylic acids is 1. The number of carbonyl (C=O) groups is 1. The molecule has 1 saturated carbocycles. The third-order valence-corrected chi connectivity index (χ3v) is 6.63. The molecule has 0 heterocycles. The molecular formula is C24H41NO4. The summed E-state index contributed by atoms with van der Waals surface area (Å²) in [6.07, 6.45) is 12.6. The standard InChI is InChI=1S/C24H41NO4/c1-4-5-6-7-11-19(26)16-22(28)24-20-14-17(13-18(20)15-21(24)27)10-8-9-12-23(29)25(2)3/h13,16,18,20-22,24,26-28H,4-12,14-15H2,1-3H3/t18-,20-,21+,22?,24+/m0/s1. The first-order valence-electron chi connectivity index (χ1n) is 11.5. The number of hydrogen-bond donors (Lipinski definition) is 3. The highest BCUT2D eigenvalue weighted by atomic mass is 16.3. The zero-order valence-electron chi connectivity index (χ0n) is 18.5. The number of unbranched alkanes of at least 4 members (excludes halogenated alkanes) is 4. The fraction of sp³-hybridized carbons (Fsp3) is 0.792. The van der Waals surface area contributed by atoms with Crippen molar-refractivity contribution >= 4 is 5.91 Å². The molecule has 5 atom stereocenters. The summed E-state index contributed by atoms with van der Waals surface area (Å²) in [4.78, 5) is 13.3. The highest BCUT2D eigenvalue weighted by Gasteiger charge is 2.47. The van der Waals surface area contributed by atoms with Crippen LogP contribution in [-0.4, -0.2) is 52.4 Å². The van der Waals surface area contributed by atoms with Crippen LogP contribution in [0.3, 0.4) is 0 Å². The molecular weight excluding hydrogens is 366 g/mol. The Morgan fingerprint density at radius 1 is 1.21 bits per heavy atom. The van der Waals surface area contributed by atoms with Crippen LogP contribution in [0.15, 0.2) is 23.5 Å². The van der Waals surface area contributed by atoms with Gasteiger partial charge in [0.1, 0.15) is 0 Å². The molecule has 29 heavy (non-hydrogen) atoms. The molecule has 3 N–H and O–H groups in total. The number of rotatable bonds is 12. The van der Waals surface area contributed by atoms with E-state index in [9.17, 15) is 20.1 Å². The van der Waals surface area contributed by atoms with Gasteiger partial charge in [0.2, 0.25) is 5.91 Å². The minimum atomic E-state index is -0.795. The van der Waals surface area contributed by atoms with E-state index >= 15 is 0 Å². The lowest BCUT2D eigenvalue weighted by atomic mass is 9.84. The molecule has 0 aromatic rings. The molecule has 0 aromatic carbocycles. The van der Waals surface area contributed by atoms with Gasteiger partial charge in [-0.3, -0.25) is 4.79 Å². The lowest BCUT2D eigenvalue weighted by Crippen LogP contribution is -2.31. The third-order valence-electron chi connectivity index (χ3n) is 6.63. The number of amides is 1. The first-order chi connectivity index (χ1) is 13.8. The van der Waals surface area contributed by atoms with Gasteiger partial charge < -0.3 is 20.2 Å². The van der Waals surface area contributed by atoms with Crippen molar-refractivity contribution in [2.75, 3.05) is 14.1 Å². The lowest BCUT2D eigenvalue weighted by molar-refractivity contribution is -0.128. The number of hydrogen-bond acceptors (Lipinski definition) is 4. The highest BCUT2D eigenvalue weighted by Crippen LogP contribution is 2.49. The number of nitrogens with zero attached hydrogens (tertiary/aromatic N) is 1. The lowest BCUT2D eigenvalue weighted by Gasteiger charge is -2.25. The Bertz CT molecular complexity index is 583. The first kappa shape index (κ1) is 23.9.